The fraction of sp³-hybridized carbons (Fsp3) is 0.667. The summed E-state index contributed by atoms with van der Waals surface area (Å²) in [6.07, 6.45) is 3.12. The molecule has 0 unspecified atom stereocenters. The normalized spacial score (nSPS) is 7.15. The van der Waals surface area contributed by atoms with Crippen LogP contribution in [0, 0.1) is 0 Å². The molecule has 0 aromatic rings. The van der Waals surface area contributed by atoms with Crippen molar-refractivity contribution in [2.24, 2.45) is 5.73 Å². The molecule has 0 heterocycles. The van der Waals surface area contributed by atoms with E-state index in [0.717, 1.165) is 12.8 Å². The van der Waals surface area contributed by atoms with Crippen LogP contribution in [0.4, 0.5) is 0 Å². The smallest absolute Gasteiger partial charge is 0.244 e. The molecule has 3 nitrogen and oxygen atoms in total. The van der Waals surface area contributed by atoms with Crippen molar-refractivity contribution in [1.29, 1.82) is 0 Å². The van der Waals surface area contributed by atoms with Crippen LogP contribution in [0.1, 0.15) is 19.8 Å². The van der Waals surface area contributed by atoms with Crippen LogP contribution < -0.4 is 11.1 Å². The number of hydrogen-bond acceptors (Lipinski definition) is 2. The summed E-state index contributed by atoms with van der Waals surface area (Å²) in [5, 5.41) is 2.75. The van der Waals surface area contributed by atoms with Gasteiger partial charge >= 0.3 is 0 Å². The number of carbonyl (C=O) groups is 1. The zero-order chi connectivity index (χ0) is 11.3. The Hall–Kier alpha value is -0.540. The number of halogens is 1. The Morgan fingerprint density at radius 2 is 1.77 bits per heavy atom. The van der Waals surface area contributed by atoms with Gasteiger partial charge in [0.1, 0.15) is 0 Å². The van der Waals surface area contributed by atoms with Gasteiger partial charge in [-0.05, 0) is 20.5 Å². The van der Waals surface area contributed by atoms with Crippen LogP contribution in [-0.2, 0) is 4.79 Å². The van der Waals surface area contributed by atoms with Crippen molar-refractivity contribution in [2.45, 2.75) is 19.8 Å². The van der Waals surface area contributed by atoms with Crippen LogP contribution in [0.5, 0.6) is 0 Å². The first-order valence-electron chi connectivity index (χ1n) is 4.03. The largest absolute Gasteiger partial charge is 0.366 e. The molecule has 80 valence electrons. The van der Waals surface area contributed by atoms with E-state index in [0.29, 0.717) is 5.57 Å². The van der Waals surface area contributed by atoms with Crippen LogP contribution in [0.2, 0.25) is 0 Å². The number of hydrogen-bond donors (Lipinski definition) is 2. The van der Waals surface area contributed by atoms with Gasteiger partial charge in [-0.3, -0.25) is 4.79 Å². The van der Waals surface area contributed by atoms with Gasteiger partial charge in [-0.2, -0.15) is 0 Å². The molecule has 13 heavy (non-hydrogen) atoms. The molecule has 0 aliphatic rings. The Bertz CT molecular complexity index is 127. The molecule has 0 aliphatic heterocycles. The van der Waals surface area contributed by atoms with Crippen molar-refractivity contribution in [3.05, 3.63) is 12.2 Å². The molecule has 0 aliphatic carbocycles. The molecule has 0 aromatic heterocycles. The van der Waals surface area contributed by atoms with Gasteiger partial charge in [0, 0.05) is 12.0 Å². The van der Waals surface area contributed by atoms with Crippen LogP contribution in [0.25, 0.3) is 0 Å². The van der Waals surface area contributed by atoms with E-state index in [9.17, 15) is 4.79 Å². The molecule has 0 fully saturated rings. The van der Waals surface area contributed by atoms with Crippen molar-refractivity contribution in [1.82, 2.24) is 5.32 Å². The number of primary amides is 1. The van der Waals surface area contributed by atoms with E-state index in [1.54, 1.807) is 0 Å². The molecule has 0 radical (unpaired) electrons. The number of rotatable bonds is 3. The highest BCUT2D eigenvalue weighted by molar-refractivity contribution is 6.15. The lowest BCUT2D eigenvalue weighted by Crippen LogP contribution is -2.12. The lowest BCUT2D eigenvalue weighted by molar-refractivity contribution is -0.114. The minimum Gasteiger partial charge on any atom is -0.366 e. The van der Waals surface area contributed by atoms with Crippen molar-refractivity contribution < 1.29 is 4.79 Å². The highest BCUT2D eigenvalue weighted by Gasteiger charge is 1.96. The maximum absolute atomic E-state index is 10.2. The summed E-state index contributed by atoms with van der Waals surface area (Å²) < 4.78 is 0. The van der Waals surface area contributed by atoms with Crippen LogP contribution >= 0.6 is 11.6 Å². The van der Waals surface area contributed by atoms with E-state index in [1.165, 1.54) is 6.38 Å². The minimum absolute atomic E-state index is 0.383. The van der Waals surface area contributed by atoms with E-state index < -0.39 is 0 Å². The number of nitrogens with two attached hydrogens (primary N) is 1. The van der Waals surface area contributed by atoms with Crippen LogP contribution in [-0.4, -0.2) is 26.4 Å². The molecule has 0 bridgehead atoms. The maximum atomic E-state index is 10.2. The summed E-state index contributed by atoms with van der Waals surface area (Å²) in [6.45, 7) is 5.45. The topological polar surface area (TPSA) is 55.1 Å². The second-order valence-electron chi connectivity index (χ2n) is 2.22. The first-order valence-corrected chi connectivity index (χ1v) is 4.79. The van der Waals surface area contributed by atoms with Gasteiger partial charge in [-0.25, -0.2) is 0 Å². The van der Waals surface area contributed by atoms with Crippen molar-refractivity contribution in [2.75, 3.05) is 20.5 Å². The molecule has 4 heteroatoms. The fourth-order valence-electron chi connectivity index (χ4n) is 0.425. The zero-order valence-corrected chi connectivity index (χ0v) is 9.74. The molecule has 0 atom stereocenters. The third-order valence-electron chi connectivity index (χ3n) is 0.900. The highest BCUT2D eigenvalue weighted by atomic mass is 35.5. The summed E-state index contributed by atoms with van der Waals surface area (Å²) >= 11 is 4.64. The van der Waals surface area contributed by atoms with E-state index in [1.807, 2.05) is 21.0 Å². The second kappa shape index (κ2) is 17.5. The number of carbonyl (C=O) groups excluding carboxylic acids is 1. The molecule has 0 aromatic carbocycles. The lowest BCUT2D eigenvalue weighted by Gasteiger charge is -1.93. The number of nitrogens with one attached hydrogen (secondary N) is 1. The van der Waals surface area contributed by atoms with E-state index in [4.69, 9.17) is 5.73 Å². The molecular weight excluding hydrogens is 188 g/mol. The van der Waals surface area contributed by atoms with E-state index in [-0.39, 0.29) is 5.91 Å². The fourth-order valence-corrected chi connectivity index (χ4v) is 0.425. The van der Waals surface area contributed by atoms with Gasteiger partial charge in [0.25, 0.3) is 0 Å². The Labute approximate surface area is 86.3 Å². The zero-order valence-electron chi connectivity index (χ0n) is 8.98. The standard InChI is InChI=1S/C6H11NO.C2H7N.CH3Cl/c1-3-4-5(2)6(7)8;1-3-2;1-2/h2-4H2,1H3,(H2,7,8);3H,1-2H3;1H3. The van der Waals surface area contributed by atoms with Gasteiger partial charge in [0.15, 0.2) is 0 Å². The summed E-state index contributed by atoms with van der Waals surface area (Å²) in [6, 6.07) is 0. The van der Waals surface area contributed by atoms with Gasteiger partial charge in [-0.1, -0.05) is 19.9 Å². The van der Waals surface area contributed by atoms with Gasteiger partial charge < -0.3 is 11.1 Å². The quantitative estimate of drug-likeness (QED) is 0.546. The SMILES string of the molecule is C=C(CCC)C(N)=O.CCl.CNC. The third-order valence-corrected chi connectivity index (χ3v) is 0.900. The predicted octanol–water partition coefficient (Wildman–Crippen LogP) is 1.52. The van der Waals surface area contributed by atoms with Gasteiger partial charge in [0.2, 0.25) is 5.91 Å². The molecule has 1 amide bonds. The van der Waals surface area contributed by atoms with Crippen molar-refractivity contribution in [3.63, 3.8) is 0 Å². The molecule has 0 saturated heterocycles. The monoisotopic (exact) mass is 208 g/mol. The highest BCUT2D eigenvalue weighted by Crippen LogP contribution is 1.98. The Morgan fingerprint density at radius 1 is 1.46 bits per heavy atom. The number of amides is 1. The third kappa shape index (κ3) is 24.6. The van der Waals surface area contributed by atoms with Crippen LogP contribution in [0.15, 0.2) is 12.2 Å². The summed E-state index contributed by atoms with van der Waals surface area (Å²) in [4.78, 5) is 10.2. The number of alkyl halides is 1. The summed E-state index contributed by atoms with van der Waals surface area (Å²) in [5.41, 5.74) is 5.40. The van der Waals surface area contributed by atoms with E-state index in [2.05, 4.69) is 23.5 Å². The molecular formula is C9H21ClN2O. The summed E-state index contributed by atoms with van der Waals surface area (Å²) in [5.74, 6) is -0.383. The molecule has 3 N–H and O–H groups in total. The Balaban J connectivity index is -0.000000169. The first kappa shape index (κ1) is 18.3. The molecule has 0 rings (SSSR count). The Morgan fingerprint density at radius 3 is 1.85 bits per heavy atom. The second-order valence-corrected chi connectivity index (χ2v) is 2.22. The average Bonchev–Trinajstić information content (AvgIpc) is 2.10. The predicted molar refractivity (Wildman–Crippen MR) is 60.0 cm³/mol. The van der Waals surface area contributed by atoms with Gasteiger partial charge in [-0.15, -0.1) is 11.6 Å². The Kier molecular flexibility index (Phi) is 24.6. The summed E-state index contributed by atoms with van der Waals surface area (Å²) in [7, 11) is 3.75. The van der Waals surface area contributed by atoms with Crippen LogP contribution in [0.3, 0.4) is 0 Å². The first-order chi connectivity index (χ1) is 6.09. The van der Waals surface area contributed by atoms with Crippen molar-refractivity contribution >= 4 is 17.5 Å². The lowest BCUT2D eigenvalue weighted by atomic mass is 10.2. The average molecular weight is 209 g/mol. The van der Waals surface area contributed by atoms with E-state index >= 15 is 0 Å². The molecule has 0 spiro atoms. The molecule has 0 saturated carbocycles. The van der Waals surface area contributed by atoms with Gasteiger partial charge in [0.05, 0.1) is 0 Å². The van der Waals surface area contributed by atoms with Crippen molar-refractivity contribution in [3.8, 4) is 0 Å². The minimum atomic E-state index is -0.383. The maximum Gasteiger partial charge on any atom is 0.244 e.